The van der Waals surface area contributed by atoms with Gasteiger partial charge in [-0.1, -0.05) is 6.07 Å². The highest BCUT2D eigenvalue weighted by molar-refractivity contribution is 6.00. The molecule has 0 atom stereocenters. The first-order chi connectivity index (χ1) is 6.29. The Hall–Kier alpha value is -1.55. The molecule has 0 fully saturated rings. The molecule has 1 aromatic rings. The maximum atomic E-state index is 11.0. The van der Waals surface area contributed by atoms with E-state index in [1.54, 1.807) is 0 Å². The Morgan fingerprint density at radius 3 is 3.00 bits per heavy atom. The molecule has 4 heteroatoms. The van der Waals surface area contributed by atoms with Crippen molar-refractivity contribution in [3.63, 3.8) is 0 Å². The number of nitrogens with two attached hydrogens (primary N) is 1. The second-order valence-electron chi connectivity index (χ2n) is 2.99. The number of anilines is 2. The third-order valence-electron chi connectivity index (χ3n) is 2.03. The Kier molecular flexibility index (Phi) is 1.90. The summed E-state index contributed by atoms with van der Waals surface area (Å²) in [4.78, 5) is 11.0. The van der Waals surface area contributed by atoms with Crippen LogP contribution in [-0.2, 0) is 11.3 Å². The third kappa shape index (κ3) is 1.48. The van der Waals surface area contributed by atoms with Crippen molar-refractivity contribution >= 4 is 17.3 Å². The summed E-state index contributed by atoms with van der Waals surface area (Å²) in [5.74, 6) is -0.0123. The molecule has 0 saturated carbocycles. The van der Waals surface area contributed by atoms with Crippen LogP contribution >= 0.6 is 0 Å². The molecule has 13 heavy (non-hydrogen) atoms. The molecule has 1 aromatic carbocycles. The zero-order valence-electron chi connectivity index (χ0n) is 7.13. The molecular weight excluding hydrogens is 166 g/mol. The van der Waals surface area contributed by atoms with Gasteiger partial charge in [0.1, 0.15) is 0 Å². The largest absolute Gasteiger partial charge is 0.374 e. The second-order valence-corrected chi connectivity index (χ2v) is 2.99. The van der Waals surface area contributed by atoms with Gasteiger partial charge in [-0.3, -0.25) is 4.79 Å². The third-order valence-corrected chi connectivity index (χ3v) is 2.03. The van der Waals surface area contributed by atoms with Gasteiger partial charge in [0.05, 0.1) is 17.9 Å². The summed E-state index contributed by atoms with van der Waals surface area (Å²) in [6.45, 7) is 0.831. The van der Waals surface area contributed by atoms with Gasteiger partial charge in [-0.2, -0.15) is 0 Å². The van der Waals surface area contributed by atoms with Gasteiger partial charge < -0.3 is 16.4 Å². The van der Waals surface area contributed by atoms with Gasteiger partial charge in [0.15, 0.2) is 0 Å². The second kappa shape index (κ2) is 3.06. The van der Waals surface area contributed by atoms with Crippen LogP contribution in [-0.4, -0.2) is 12.5 Å². The monoisotopic (exact) mass is 177 g/mol. The molecule has 0 aliphatic carbocycles. The van der Waals surface area contributed by atoms with Crippen LogP contribution in [0.5, 0.6) is 0 Å². The van der Waals surface area contributed by atoms with E-state index in [4.69, 9.17) is 5.73 Å². The highest BCUT2D eigenvalue weighted by Gasteiger charge is 2.13. The smallest absolute Gasteiger partial charge is 0.243 e. The van der Waals surface area contributed by atoms with E-state index in [0.29, 0.717) is 13.1 Å². The Balaban J connectivity index is 2.38. The van der Waals surface area contributed by atoms with E-state index in [2.05, 4.69) is 10.6 Å². The van der Waals surface area contributed by atoms with Gasteiger partial charge in [-0.15, -0.1) is 0 Å². The molecule has 0 saturated heterocycles. The van der Waals surface area contributed by atoms with Crippen molar-refractivity contribution in [1.29, 1.82) is 0 Å². The number of hydrogen-bond donors (Lipinski definition) is 3. The van der Waals surface area contributed by atoms with Crippen molar-refractivity contribution < 1.29 is 4.79 Å². The zero-order valence-corrected chi connectivity index (χ0v) is 7.13. The number of benzene rings is 1. The number of rotatable bonds is 1. The van der Waals surface area contributed by atoms with Crippen LogP contribution in [0.2, 0.25) is 0 Å². The highest BCUT2D eigenvalue weighted by atomic mass is 16.2. The molecule has 1 aliphatic heterocycles. The number of hydrogen-bond acceptors (Lipinski definition) is 3. The van der Waals surface area contributed by atoms with Crippen LogP contribution in [0.4, 0.5) is 11.4 Å². The number of fused-ring (bicyclic) bond motifs is 1. The standard InChI is InChI=1S/C9H11N3O/c10-4-6-1-2-7-8(3-6)12-9(13)5-11-7/h1-3,11H,4-5,10H2,(H,12,13). The Morgan fingerprint density at radius 2 is 2.23 bits per heavy atom. The van der Waals surface area contributed by atoms with Gasteiger partial charge >= 0.3 is 0 Å². The molecule has 1 heterocycles. The normalized spacial score (nSPS) is 14.4. The minimum absolute atomic E-state index is 0.0123. The lowest BCUT2D eigenvalue weighted by molar-refractivity contribution is -0.114. The summed E-state index contributed by atoms with van der Waals surface area (Å²) < 4.78 is 0. The Morgan fingerprint density at radius 1 is 1.38 bits per heavy atom. The van der Waals surface area contributed by atoms with Crippen LogP contribution in [0.15, 0.2) is 18.2 Å². The van der Waals surface area contributed by atoms with Crippen molar-refractivity contribution in [1.82, 2.24) is 0 Å². The summed E-state index contributed by atoms with van der Waals surface area (Å²) in [7, 11) is 0. The number of carbonyl (C=O) groups excluding carboxylic acids is 1. The van der Waals surface area contributed by atoms with E-state index >= 15 is 0 Å². The minimum Gasteiger partial charge on any atom is -0.374 e. The van der Waals surface area contributed by atoms with E-state index < -0.39 is 0 Å². The lowest BCUT2D eigenvalue weighted by Gasteiger charge is -2.18. The van der Waals surface area contributed by atoms with Gasteiger partial charge in [-0.05, 0) is 17.7 Å². The maximum absolute atomic E-state index is 11.0. The van der Waals surface area contributed by atoms with Crippen molar-refractivity contribution in [3.8, 4) is 0 Å². The van der Waals surface area contributed by atoms with Crippen LogP contribution in [0.3, 0.4) is 0 Å². The van der Waals surface area contributed by atoms with Crippen molar-refractivity contribution in [2.45, 2.75) is 6.54 Å². The topological polar surface area (TPSA) is 67.1 Å². The first-order valence-corrected chi connectivity index (χ1v) is 4.16. The first-order valence-electron chi connectivity index (χ1n) is 4.16. The lowest BCUT2D eigenvalue weighted by Crippen LogP contribution is -2.27. The quantitative estimate of drug-likeness (QED) is 0.585. The summed E-state index contributed by atoms with van der Waals surface area (Å²) >= 11 is 0. The molecule has 4 N–H and O–H groups in total. The molecular formula is C9H11N3O. The number of carbonyl (C=O) groups is 1. The summed E-state index contributed by atoms with van der Waals surface area (Å²) in [6, 6.07) is 5.76. The lowest BCUT2D eigenvalue weighted by atomic mass is 10.1. The SMILES string of the molecule is NCc1ccc2c(c1)NC(=O)CN2. The molecule has 1 amide bonds. The number of amides is 1. The number of nitrogens with one attached hydrogen (secondary N) is 2. The van der Waals surface area contributed by atoms with Crippen LogP contribution in [0.25, 0.3) is 0 Å². The van der Waals surface area contributed by atoms with Crippen LogP contribution < -0.4 is 16.4 Å². The Bertz CT molecular complexity index is 349. The molecule has 0 unspecified atom stereocenters. The molecule has 4 nitrogen and oxygen atoms in total. The minimum atomic E-state index is -0.0123. The van der Waals surface area contributed by atoms with Crippen LogP contribution in [0, 0.1) is 0 Å². The molecule has 0 radical (unpaired) electrons. The van der Waals surface area contributed by atoms with E-state index in [1.807, 2.05) is 18.2 Å². The molecule has 0 aromatic heterocycles. The first kappa shape index (κ1) is 8.07. The summed E-state index contributed by atoms with van der Waals surface area (Å²) in [5.41, 5.74) is 8.28. The van der Waals surface area contributed by atoms with E-state index in [0.717, 1.165) is 16.9 Å². The molecule has 1 aliphatic rings. The fraction of sp³-hybridized carbons (Fsp3) is 0.222. The molecule has 0 spiro atoms. The van der Waals surface area contributed by atoms with Gasteiger partial charge in [0.2, 0.25) is 5.91 Å². The fourth-order valence-corrected chi connectivity index (χ4v) is 1.35. The van der Waals surface area contributed by atoms with E-state index in [9.17, 15) is 4.79 Å². The van der Waals surface area contributed by atoms with Crippen molar-refractivity contribution in [3.05, 3.63) is 23.8 Å². The average molecular weight is 177 g/mol. The van der Waals surface area contributed by atoms with Crippen LogP contribution in [0.1, 0.15) is 5.56 Å². The van der Waals surface area contributed by atoms with Gasteiger partial charge in [0, 0.05) is 6.54 Å². The van der Waals surface area contributed by atoms with E-state index in [1.165, 1.54) is 0 Å². The zero-order chi connectivity index (χ0) is 9.26. The Labute approximate surface area is 76.1 Å². The molecule has 0 bridgehead atoms. The molecule has 2 rings (SSSR count). The predicted molar refractivity (Wildman–Crippen MR) is 51.5 cm³/mol. The summed E-state index contributed by atoms with van der Waals surface area (Å²) in [5, 5.41) is 5.79. The van der Waals surface area contributed by atoms with Gasteiger partial charge in [0.25, 0.3) is 0 Å². The molecule has 68 valence electrons. The van der Waals surface area contributed by atoms with E-state index in [-0.39, 0.29) is 5.91 Å². The fourth-order valence-electron chi connectivity index (χ4n) is 1.35. The predicted octanol–water partition coefficient (Wildman–Crippen LogP) is 0.509. The van der Waals surface area contributed by atoms with Gasteiger partial charge in [-0.25, -0.2) is 0 Å². The average Bonchev–Trinajstić information content (AvgIpc) is 2.16. The van der Waals surface area contributed by atoms with Crippen molar-refractivity contribution in [2.24, 2.45) is 5.73 Å². The highest BCUT2D eigenvalue weighted by Crippen LogP contribution is 2.25. The maximum Gasteiger partial charge on any atom is 0.243 e. The summed E-state index contributed by atoms with van der Waals surface area (Å²) in [6.07, 6.45) is 0. The van der Waals surface area contributed by atoms with Crippen molar-refractivity contribution in [2.75, 3.05) is 17.2 Å².